The van der Waals surface area contributed by atoms with Crippen LogP contribution in [0.3, 0.4) is 0 Å². The first-order chi connectivity index (χ1) is 14.4. The van der Waals surface area contributed by atoms with E-state index in [2.05, 4.69) is 99.0 Å². The number of hydrogen-bond acceptors (Lipinski definition) is 2. The Morgan fingerprint density at radius 3 is 0.562 bits per heavy atom. The monoisotopic (exact) mass is 533 g/mol. The van der Waals surface area contributed by atoms with Crippen LogP contribution in [0, 0.1) is 0 Å². The van der Waals surface area contributed by atoms with Gasteiger partial charge in [-0.3, -0.25) is 0 Å². The van der Waals surface area contributed by atoms with Gasteiger partial charge in [-0.25, -0.2) is 0 Å². The van der Waals surface area contributed by atoms with Gasteiger partial charge in [-0.15, -0.1) is 36.3 Å². The maximum Gasteiger partial charge on any atom is 3.00 e. The summed E-state index contributed by atoms with van der Waals surface area (Å²) >= 11 is 0. The third-order valence-electron chi connectivity index (χ3n) is 3.44. The SMILES string of the molecule is C1CCOC1.C1CCOC1.CC(C)[N-]C(C)C.CC(C)[N-]C(C)C.CC(C)[N-]C(C)C.[Y+3]. The minimum Gasteiger partial charge on any atom is -0.658 e. The molecule has 0 radical (unpaired) electrons. The van der Waals surface area contributed by atoms with Crippen molar-refractivity contribution in [3.63, 3.8) is 0 Å². The summed E-state index contributed by atoms with van der Waals surface area (Å²) in [6, 6.07) is 3.00. The zero-order valence-electron chi connectivity index (χ0n) is 23.9. The van der Waals surface area contributed by atoms with E-state index in [1.165, 1.54) is 25.7 Å². The molecule has 2 heterocycles. The van der Waals surface area contributed by atoms with Gasteiger partial charge in [-0.2, -0.15) is 0 Å². The van der Waals surface area contributed by atoms with E-state index in [1.807, 2.05) is 0 Å². The Labute approximate surface area is 228 Å². The molecule has 0 aromatic heterocycles. The summed E-state index contributed by atoms with van der Waals surface area (Å²) < 4.78 is 9.89. The quantitative estimate of drug-likeness (QED) is 0.346. The summed E-state index contributed by atoms with van der Waals surface area (Å²) in [6.07, 6.45) is 5.11. The summed E-state index contributed by atoms with van der Waals surface area (Å²) in [4.78, 5) is 0. The molecule has 0 saturated carbocycles. The molecule has 2 aliphatic heterocycles. The molecule has 0 aromatic carbocycles. The van der Waals surface area contributed by atoms with E-state index in [1.54, 1.807) is 0 Å². The first-order valence-electron chi connectivity index (χ1n) is 12.6. The zero-order valence-corrected chi connectivity index (χ0v) is 26.7. The van der Waals surface area contributed by atoms with Gasteiger partial charge in [0.25, 0.3) is 0 Å². The molecule has 0 amide bonds. The molecule has 2 saturated heterocycles. The molecule has 0 aliphatic carbocycles. The zero-order chi connectivity index (χ0) is 24.7. The predicted octanol–water partition coefficient (Wildman–Crippen LogP) is 8.12. The number of hydrogen-bond donors (Lipinski definition) is 0. The summed E-state index contributed by atoms with van der Waals surface area (Å²) in [5, 5.41) is 12.8. The Hall–Kier alpha value is 0.904. The molecule has 0 unspecified atom stereocenters. The Balaban J connectivity index is -0.000000153. The van der Waals surface area contributed by atoms with Crippen molar-refractivity contribution in [1.82, 2.24) is 0 Å². The van der Waals surface area contributed by atoms with Crippen LogP contribution < -0.4 is 0 Å². The standard InChI is InChI=1S/3C6H14N.2C4H8O.Y/c3*1-5(2)7-6(3)4;2*1-2-4-5-3-1;/h3*5-6H,1-4H3;2*1-4H2;/q3*-1;;;+3. The molecular weight excluding hydrogens is 475 g/mol. The van der Waals surface area contributed by atoms with E-state index in [4.69, 9.17) is 9.47 Å². The molecule has 192 valence electrons. The van der Waals surface area contributed by atoms with E-state index in [0.717, 1.165) is 26.4 Å². The van der Waals surface area contributed by atoms with E-state index < -0.39 is 0 Å². The first kappa shape index (κ1) is 40.1. The topological polar surface area (TPSA) is 60.8 Å². The largest absolute Gasteiger partial charge is 3.00 e. The normalized spacial score (nSPS) is 14.8. The van der Waals surface area contributed by atoms with Crippen LogP contribution in [0.25, 0.3) is 16.0 Å². The minimum atomic E-state index is 0. The van der Waals surface area contributed by atoms with Gasteiger partial charge < -0.3 is 25.4 Å². The second-order valence-electron chi connectivity index (χ2n) is 9.65. The van der Waals surface area contributed by atoms with Crippen LogP contribution >= 0.6 is 0 Å². The number of rotatable bonds is 6. The first-order valence-corrected chi connectivity index (χ1v) is 12.6. The van der Waals surface area contributed by atoms with Crippen molar-refractivity contribution < 1.29 is 42.2 Å². The minimum absolute atomic E-state index is 0. The van der Waals surface area contributed by atoms with Gasteiger partial charge in [0.15, 0.2) is 0 Å². The van der Waals surface area contributed by atoms with E-state index in [-0.39, 0.29) is 32.7 Å². The fourth-order valence-corrected chi connectivity index (χ4v) is 2.81. The molecule has 0 N–H and O–H groups in total. The molecule has 32 heavy (non-hydrogen) atoms. The third kappa shape index (κ3) is 52.7. The van der Waals surface area contributed by atoms with Crippen LogP contribution in [0.15, 0.2) is 0 Å². The average Bonchev–Trinajstić information content (AvgIpc) is 3.32. The van der Waals surface area contributed by atoms with Crippen molar-refractivity contribution >= 4 is 0 Å². The molecule has 5 nitrogen and oxygen atoms in total. The van der Waals surface area contributed by atoms with Gasteiger partial charge in [0, 0.05) is 26.4 Å². The van der Waals surface area contributed by atoms with Crippen molar-refractivity contribution in [2.45, 2.75) is 145 Å². The molecule has 2 aliphatic rings. The summed E-state index contributed by atoms with van der Waals surface area (Å²) in [5.74, 6) is 0. The Morgan fingerprint density at radius 2 is 0.531 bits per heavy atom. The molecular formula is C26H58N3O2Y. The van der Waals surface area contributed by atoms with Crippen LogP contribution in [-0.2, 0) is 42.2 Å². The van der Waals surface area contributed by atoms with Gasteiger partial charge in [-0.1, -0.05) is 83.1 Å². The van der Waals surface area contributed by atoms with Crippen molar-refractivity contribution in [1.29, 1.82) is 0 Å². The maximum absolute atomic E-state index is 4.94. The Bertz CT molecular complexity index is 242. The van der Waals surface area contributed by atoms with Crippen LogP contribution in [0.2, 0.25) is 0 Å². The summed E-state index contributed by atoms with van der Waals surface area (Å²) in [6.45, 7) is 29.2. The Morgan fingerprint density at radius 1 is 0.375 bits per heavy atom. The van der Waals surface area contributed by atoms with Crippen molar-refractivity contribution in [3.05, 3.63) is 16.0 Å². The van der Waals surface area contributed by atoms with E-state index in [0.29, 0.717) is 36.3 Å². The molecule has 0 atom stereocenters. The van der Waals surface area contributed by atoms with Crippen molar-refractivity contribution in [3.8, 4) is 0 Å². The van der Waals surface area contributed by atoms with Gasteiger partial charge in [-0.05, 0) is 25.7 Å². The van der Waals surface area contributed by atoms with Crippen LogP contribution in [0.1, 0.15) is 109 Å². The maximum atomic E-state index is 4.94. The van der Waals surface area contributed by atoms with Crippen LogP contribution in [-0.4, -0.2) is 62.7 Å². The van der Waals surface area contributed by atoms with E-state index >= 15 is 0 Å². The summed E-state index contributed by atoms with van der Waals surface area (Å²) in [5.41, 5.74) is 0. The second kappa shape index (κ2) is 29.9. The second-order valence-corrected chi connectivity index (χ2v) is 9.65. The fourth-order valence-electron chi connectivity index (χ4n) is 2.81. The Kier molecular flexibility index (Phi) is 37.5. The molecule has 6 heteroatoms. The fraction of sp³-hybridized carbons (Fsp3) is 1.00. The molecule has 2 rings (SSSR count). The van der Waals surface area contributed by atoms with E-state index in [9.17, 15) is 0 Å². The van der Waals surface area contributed by atoms with Crippen LogP contribution in [0.4, 0.5) is 0 Å². The molecule has 2 fully saturated rings. The predicted molar refractivity (Wildman–Crippen MR) is 141 cm³/mol. The van der Waals surface area contributed by atoms with Gasteiger partial charge in [0.1, 0.15) is 0 Å². The summed E-state index contributed by atoms with van der Waals surface area (Å²) in [7, 11) is 0. The van der Waals surface area contributed by atoms with Crippen molar-refractivity contribution in [2.75, 3.05) is 26.4 Å². The molecule has 0 aromatic rings. The van der Waals surface area contributed by atoms with Crippen molar-refractivity contribution in [2.24, 2.45) is 0 Å². The smallest absolute Gasteiger partial charge is 0.658 e. The third-order valence-corrected chi connectivity index (χ3v) is 3.44. The van der Waals surface area contributed by atoms with Gasteiger partial charge >= 0.3 is 32.7 Å². The van der Waals surface area contributed by atoms with Gasteiger partial charge in [0.2, 0.25) is 0 Å². The van der Waals surface area contributed by atoms with Gasteiger partial charge in [0.05, 0.1) is 0 Å². The molecule has 0 bridgehead atoms. The number of ether oxygens (including phenoxy) is 2. The average molecular weight is 534 g/mol. The van der Waals surface area contributed by atoms with Crippen LogP contribution in [0.5, 0.6) is 0 Å². The number of nitrogens with zero attached hydrogens (tertiary/aromatic N) is 3. The molecule has 0 spiro atoms.